The zero-order chi connectivity index (χ0) is 28.6. The number of hydrogen-bond donors (Lipinski definition) is 1. The summed E-state index contributed by atoms with van der Waals surface area (Å²) in [5.41, 5.74) is -0.105. The first kappa shape index (κ1) is 27.4. The number of alkyl halides is 3. The molecule has 3 aromatic carbocycles. The normalized spacial score (nSPS) is 11.6. The van der Waals surface area contributed by atoms with E-state index in [9.17, 15) is 22.4 Å². The summed E-state index contributed by atoms with van der Waals surface area (Å²) in [6.07, 6.45) is -3.48. The fraction of sp³-hybridized carbons (Fsp3) is 0.148. The van der Waals surface area contributed by atoms with Crippen molar-refractivity contribution in [3.05, 3.63) is 76.7 Å². The van der Waals surface area contributed by atoms with Crippen LogP contribution in [0.4, 0.5) is 22.7 Å². The molecule has 0 saturated heterocycles. The van der Waals surface area contributed by atoms with E-state index in [4.69, 9.17) is 25.8 Å². The third-order valence-electron chi connectivity index (χ3n) is 5.84. The van der Waals surface area contributed by atoms with Crippen molar-refractivity contribution in [2.75, 3.05) is 19.5 Å². The maximum Gasteiger partial charge on any atom is 0.416 e. The highest BCUT2D eigenvalue weighted by Crippen LogP contribution is 2.39. The first-order valence-electron chi connectivity index (χ1n) is 11.5. The molecule has 1 N–H and O–H groups in total. The molecule has 5 rings (SSSR count). The zero-order valence-corrected chi connectivity index (χ0v) is 22.3. The van der Waals surface area contributed by atoms with Gasteiger partial charge in [0, 0.05) is 34.8 Å². The minimum Gasteiger partial charge on any atom is -0.493 e. The van der Waals surface area contributed by atoms with Crippen LogP contribution in [0.5, 0.6) is 23.0 Å². The molecule has 0 atom stereocenters. The highest BCUT2D eigenvalue weighted by molar-refractivity contribution is 7.22. The summed E-state index contributed by atoms with van der Waals surface area (Å²) in [5.74, 6) is -0.186. The Morgan fingerprint density at radius 1 is 0.975 bits per heavy atom. The number of fused-ring (bicyclic) bond motifs is 2. The molecule has 0 unspecified atom stereocenters. The number of halogens is 5. The molecule has 1 amide bonds. The van der Waals surface area contributed by atoms with E-state index in [1.807, 2.05) is 0 Å². The van der Waals surface area contributed by atoms with Gasteiger partial charge >= 0.3 is 6.18 Å². The quantitative estimate of drug-likeness (QED) is 0.196. The summed E-state index contributed by atoms with van der Waals surface area (Å²) in [6, 6.07) is 10.3. The molecule has 2 aromatic heterocycles. The van der Waals surface area contributed by atoms with E-state index in [-0.39, 0.29) is 27.0 Å². The van der Waals surface area contributed by atoms with E-state index in [1.165, 1.54) is 26.5 Å². The van der Waals surface area contributed by atoms with Crippen molar-refractivity contribution in [1.82, 2.24) is 9.97 Å². The lowest BCUT2D eigenvalue weighted by molar-refractivity contribution is -0.137. The molecule has 2 heterocycles. The lowest BCUT2D eigenvalue weighted by Crippen LogP contribution is -2.15. The third kappa shape index (κ3) is 5.58. The Kier molecular flexibility index (Phi) is 7.39. The smallest absolute Gasteiger partial charge is 0.416 e. The zero-order valence-electron chi connectivity index (χ0n) is 20.7. The Labute approximate surface area is 233 Å². The van der Waals surface area contributed by atoms with Gasteiger partial charge in [-0.15, -0.1) is 0 Å². The van der Waals surface area contributed by atoms with Gasteiger partial charge < -0.3 is 19.5 Å². The summed E-state index contributed by atoms with van der Waals surface area (Å²) >= 11 is 7.04. The molecule has 0 fully saturated rings. The average Bonchev–Trinajstić information content (AvgIpc) is 3.29. The van der Waals surface area contributed by atoms with Crippen LogP contribution in [0, 0.1) is 5.82 Å². The van der Waals surface area contributed by atoms with Crippen molar-refractivity contribution in [2.45, 2.75) is 12.6 Å². The van der Waals surface area contributed by atoms with E-state index < -0.39 is 29.9 Å². The number of hydrogen-bond acceptors (Lipinski definition) is 7. The Bertz CT molecular complexity index is 1760. The third-order valence-corrected chi connectivity index (χ3v) is 7.14. The van der Waals surface area contributed by atoms with Crippen LogP contribution in [0.1, 0.15) is 11.1 Å². The monoisotopic (exact) mass is 591 g/mol. The molecule has 0 aliphatic rings. The van der Waals surface area contributed by atoms with E-state index in [0.717, 1.165) is 35.6 Å². The maximum absolute atomic E-state index is 15.0. The van der Waals surface area contributed by atoms with Crippen LogP contribution in [0.2, 0.25) is 5.02 Å². The van der Waals surface area contributed by atoms with Crippen molar-refractivity contribution >= 4 is 55.1 Å². The van der Waals surface area contributed by atoms with Gasteiger partial charge in [0.25, 0.3) is 0 Å². The fourth-order valence-electron chi connectivity index (χ4n) is 3.94. The Hall–Kier alpha value is -4.16. The van der Waals surface area contributed by atoms with E-state index in [0.29, 0.717) is 32.9 Å². The van der Waals surface area contributed by atoms with Gasteiger partial charge in [0.1, 0.15) is 5.75 Å². The SMILES string of the molecule is COc1cc2nccc(Oc3cc4sc(NC(=O)Cc5cc(C(F)(F)F)ccc5Cl)nc4cc3F)c2cc1OC. The molecule has 0 bridgehead atoms. The fourth-order valence-corrected chi connectivity index (χ4v) is 5.02. The molecule has 0 aliphatic heterocycles. The van der Waals surface area contributed by atoms with E-state index >= 15 is 0 Å². The van der Waals surface area contributed by atoms with Crippen LogP contribution in [-0.4, -0.2) is 30.1 Å². The average molecular weight is 592 g/mol. The lowest BCUT2D eigenvalue weighted by atomic mass is 10.1. The second kappa shape index (κ2) is 10.8. The van der Waals surface area contributed by atoms with Crippen LogP contribution in [0.25, 0.3) is 21.1 Å². The topological polar surface area (TPSA) is 82.6 Å². The molecule has 0 spiro atoms. The summed E-state index contributed by atoms with van der Waals surface area (Å²) < 4.78 is 71.2. The summed E-state index contributed by atoms with van der Waals surface area (Å²) in [6.45, 7) is 0. The van der Waals surface area contributed by atoms with Crippen molar-refractivity contribution in [1.29, 1.82) is 0 Å². The van der Waals surface area contributed by atoms with Gasteiger partial charge in [-0.3, -0.25) is 9.78 Å². The standard InChI is InChI=1S/C27H18ClF4N3O4S/c1-37-22-9-15-18(11-23(22)38-2)33-6-5-20(15)39-21-12-24-19(10-17(21)29)34-26(40-24)35-25(36)8-13-7-14(27(30,31)32)3-4-16(13)28/h3-7,9-12H,8H2,1-2H3,(H,34,35,36). The molecule has 0 radical (unpaired) electrons. The molecule has 7 nitrogen and oxygen atoms in total. The van der Waals surface area contributed by atoms with Crippen LogP contribution in [-0.2, 0) is 17.4 Å². The first-order valence-corrected chi connectivity index (χ1v) is 12.7. The minimum absolute atomic E-state index is 0.00987. The number of thiazole rings is 1. The molecular weight excluding hydrogens is 574 g/mol. The number of nitrogens with one attached hydrogen (secondary N) is 1. The number of pyridine rings is 1. The van der Waals surface area contributed by atoms with Crippen LogP contribution in [0.15, 0.2) is 54.7 Å². The van der Waals surface area contributed by atoms with E-state index in [2.05, 4.69) is 15.3 Å². The number of benzene rings is 3. The summed E-state index contributed by atoms with van der Waals surface area (Å²) in [5, 5.41) is 3.25. The van der Waals surface area contributed by atoms with Crippen LogP contribution in [0.3, 0.4) is 0 Å². The lowest BCUT2D eigenvalue weighted by Gasteiger charge is -2.12. The largest absolute Gasteiger partial charge is 0.493 e. The number of aromatic nitrogens is 2. The summed E-state index contributed by atoms with van der Waals surface area (Å²) in [4.78, 5) is 21.1. The number of amides is 1. The number of methoxy groups -OCH3 is 2. The van der Waals surface area contributed by atoms with Crippen molar-refractivity contribution in [2.24, 2.45) is 0 Å². The van der Waals surface area contributed by atoms with Gasteiger partial charge in [0.15, 0.2) is 28.2 Å². The van der Waals surface area contributed by atoms with Crippen molar-refractivity contribution in [3.63, 3.8) is 0 Å². The maximum atomic E-state index is 15.0. The molecule has 206 valence electrons. The van der Waals surface area contributed by atoms with Gasteiger partial charge in [0.2, 0.25) is 5.91 Å². The van der Waals surface area contributed by atoms with Gasteiger partial charge in [-0.25, -0.2) is 9.37 Å². The second-order valence-electron chi connectivity index (χ2n) is 8.43. The van der Waals surface area contributed by atoms with Gasteiger partial charge in [-0.2, -0.15) is 13.2 Å². The molecule has 13 heteroatoms. The van der Waals surface area contributed by atoms with Gasteiger partial charge in [-0.1, -0.05) is 22.9 Å². The highest BCUT2D eigenvalue weighted by Gasteiger charge is 2.31. The number of rotatable bonds is 7. The molecule has 0 saturated carbocycles. The second-order valence-corrected chi connectivity index (χ2v) is 9.87. The van der Waals surface area contributed by atoms with E-state index in [1.54, 1.807) is 18.2 Å². The number of nitrogens with zero attached hydrogens (tertiary/aromatic N) is 2. The van der Waals surface area contributed by atoms with Crippen LogP contribution >= 0.6 is 22.9 Å². The van der Waals surface area contributed by atoms with Crippen LogP contribution < -0.4 is 19.5 Å². The van der Waals surface area contributed by atoms with Crippen molar-refractivity contribution in [3.8, 4) is 23.0 Å². The number of anilines is 1. The van der Waals surface area contributed by atoms with Crippen molar-refractivity contribution < 1.29 is 36.6 Å². The molecular formula is C27H18ClF4N3O4S. The Morgan fingerprint density at radius 2 is 1.73 bits per heavy atom. The van der Waals surface area contributed by atoms with Gasteiger partial charge in [-0.05, 0) is 35.9 Å². The van der Waals surface area contributed by atoms with Gasteiger partial charge in [0.05, 0.1) is 41.9 Å². The number of carbonyl (C=O) groups is 1. The Morgan fingerprint density at radius 3 is 2.45 bits per heavy atom. The highest BCUT2D eigenvalue weighted by atomic mass is 35.5. The number of ether oxygens (including phenoxy) is 3. The minimum atomic E-state index is -4.58. The number of carbonyl (C=O) groups excluding carboxylic acids is 1. The molecule has 40 heavy (non-hydrogen) atoms. The first-order chi connectivity index (χ1) is 19.0. The molecule has 0 aliphatic carbocycles. The Balaban J connectivity index is 1.38. The summed E-state index contributed by atoms with van der Waals surface area (Å²) in [7, 11) is 2.99. The molecule has 5 aromatic rings. The predicted octanol–water partition coefficient (Wildman–Crippen LogP) is 7.65. The predicted molar refractivity (Wildman–Crippen MR) is 143 cm³/mol.